The second kappa shape index (κ2) is 4.98. The molecule has 1 fully saturated rings. The number of nitrogens with one attached hydrogen (secondary N) is 2. The molecule has 1 aliphatic carbocycles. The van der Waals surface area contributed by atoms with Crippen LogP contribution in [0, 0.1) is 19.3 Å². The van der Waals surface area contributed by atoms with Crippen molar-refractivity contribution in [3.63, 3.8) is 0 Å². The Morgan fingerprint density at radius 1 is 1.33 bits per heavy atom. The van der Waals surface area contributed by atoms with Crippen LogP contribution < -0.4 is 10.6 Å². The van der Waals surface area contributed by atoms with E-state index in [2.05, 4.69) is 10.6 Å². The number of carbonyl (C=O) groups is 1. The van der Waals surface area contributed by atoms with Crippen molar-refractivity contribution in [2.75, 3.05) is 18.5 Å². The van der Waals surface area contributed by atoms with Crippen LogP contribution in [0.4, 0.5) is 10.5 Å². The Hall–Kier alpha value is -1.55. The zero-order valence-corrected chi connectivity index (χ0v) is 10.9. The molecule has 0 atom stereocenters. The number of benzene rings is 1. The van der Waals surface area contributed by atoms with Crippen LogP contribution in [0.2, 0.25) is 0 Å². The number of aliphatic hydroxyl groups is 1. The number of rotatable bonds is 4. The molecule has 1 aliphatic rings. The van der Waals surface area contributed by atoms with E-state index in [-0.39, 0.29) is 18.1 Å². The molecule has 18 heavy (non-hydrogen) atoms. The van der Waals surface area contributed by atoms with Crippen molar-refractivity contribution in [2.24, 2.45) is 5.41 Å². The summed E-state index contributed by atoms with van der Waals surface area (Å²) in [7, 11) is 0. The number of amides is 2. The lowest BCUT2D eigenvalue weighted by atomic mass is 10.1. The molecule has 0 radical (unpaired) electrons. The quantitative estimate of drug-likeness (QED) is 0.765. The lowest BCUT2D eigenvalue weighted by Gasteiger charge is -2.15. The topological polar surface area (TPSA) is 61.4 Å². The van der Waals surface area contributed by atoms with Crippen LogP contribution in [-0.2, 0) is 0 Å². The lowest BCUT2D eigenvalue weighted by Crippen LogP contribution is -2.35. The summed E-state index contributed by atoms with van der Waals surface area (Å²) in [5, 5.41) is 14.9. The molecule has 3 N–H and O–H groups in total. The van der Waals surface area contributed by atoms with Crippen molar-refractivity contribution in [3.05, 3.63) is 29.3 Å². The summed E-state index contributed by atoms with van der Waals surface area (Å²) in [6.45, 7) is 4.63. The minimum absolute atomic E-state index is 0.0574. The molecule has 0 heterocycles. The van der Waals surface area contributed by atoms with Crippen LogP contribution in [0.25, 0.3) is 0 Å². The minimum Gasteiger partial charge on any atom is -0.396 e. The SMILES string of the molecule is Cc1cccc(C)c1NC(=O)NCC1(CO)CC1. The van der Waals surface area contributed by atoms with Crippen LogP contribution in [0.1, 0.15) is 24.0 Å². The molecule has 2 amide bonds. The van der Waals surface area contributed by atoms with Crippen LogP contribution in [0.3, 0.4) is 0 Å². The Bertz CT molecular complexity index is 433. The summed E-state index contributed by atoms with van der Waals surface area (Å²) < 4.78 is 0. The number of carbonyl (C=O) groups excluding carboxylic acids is 1. The second-order valence-electron chi connectivity index (χ2n) is 5.23. The molecule has 0 aliphatic heterocycles. The van der Waals surface area contributed by atoms with Gasteiger partial charge in [-0.05, 0) is 37.8 Å². The van der Waals surface area contributed by atoms with Crippen molar-refractivity contribution >= 4 is 11.7 Å². The van der Waals surface area contributed by atoms with E-state index in [1.807, 2.05) is 32.0 Å². The Balaban J connectivity index is 1.91. The Labute approximate surface area is 107 Å². The van der Waals surface area contributed by atoms with Gasteiger partial charge in [0.05, 0.1) is 6.61 Å². The molecule has 0 unspecified atom stereocenters. The molecule has 0 bridgehead atoms. The average molecular weight is 248 g/mol. The van der Waals surface area contributed by atoms with Gasteiger partial charge in [0.15, 0.2) is 0 Å². The predicted molar refractivity (Wildman–Crippen MR) is 71.7 cm³/mol. The number of anilines is 1. The first kappa shape index (κ1) is 12.9. The number of urea groups is 1. The van der Waals surface area contributed by atoms with Gasteiger partial charge in [-0.2, -0.15) is 0 Å². The van der Waals surface area contributed by atoms with Crippen molar-refractivity contribution in [3.8, 4) is 0 Å². The summed E-state index contributed by atoms with van der Waals surface area (Å²) >= 11 is 0. The molecular formula is C14H20N2O2. The minimum atomic E-state index is -0.202. The number of hydrogen-bond acceptors (Lipinski definition) is 2. The van der Waals surface area contributed by atoms with Crippen molar-refractivity contribution < 1.29 is 9.90 Å². The van der Waals surface area contributed by atoms with Gasteiger partial charge in [0.25, 0.3) is 0 Å². The Kier molecular flexibility index (Phi) is 3.57. The number of aryl methyl sites for hydroxylation is 2. The highest BCUT2D eigenvalue weighted by molar-refractivity contribution is 5.91. The molecule has 0 aromatic heterocycles. The maximum Gasteiger partial charge on any atom is 0.319 e. The van der Waals surface area contributed by atoms with E-state index in [9.17, 15) is 9.90 Å². The maximum atomic E-state index is 11.8. The zero-order valence-electron chi connectivity index (χ0n) is 10.9. The smallest absolute Gasteiger partial charge is 0.319 e. The molecule has 98 valence electrons. The van der Waals surface area contributed by atoms with Crippen LogP contribution >= 0.6 is 0 Å². The van der Waals surface area contributed by atoms with Gasteiger partial charge in [-0.1, -0.05) is 18.2 Å². The van der Waals surface area contributed by atoms with E-state index >= 15 is 0 Å². The van der Waals surface area contributed by atoms with Gasteiger partial charge in [0.1, 0.15) is 0 Å². The summed E-state index contributed by atoms with van der Waals surface area (Å²) in [5.74, 6) is 0. The van der Waals surface area contributed by atoms with Crippen molar-refractivity contribution in [2.45, 2.75) is 26.7 Å². The third-order valence-corrected chi connectivity index (χ3v) is 3.64. The fraction of sp³-hybridized carbons (Fsp3) is 0.500. The molecule has 0 saturated heterocycles. The molecule has 1 saturated carbocycles. The number of aliphatic hydroxyl groups excluding tert-OH is 1. The summed E-state index contributed by atoms with van der Waals surface area (Å²) in [5.41, 5.74) is 2.91. The van der Waals surface area contributed by atoms with E-state index in [0.717, 1.165) is 29.7 Å². The second-order valence-corrected chi connectivity index (χ2v) is 5.23. The van der Waals surface area contributed by atoms with E-state index in [4.69, 9.17) is 0 Å². The normalized spacial score (nSPS) is 16.2. The summed E-state index contributed by atoms with van der Waals surface area (Å²) in [6, 6.07) is 5.71. The van der Waals surface area contributed by atoms with E-state index in [0.29, 0.717) is 6.54 Å². The molecule has 1 aromatic carbocycles. The monoisotopic (exact) mass is 248 g/mol. The first-order chi connectivity index (χ1) is 8.56. The zero-order chi connectivity index (χ0) is 13.2. The Morgan fingerprint density at radius 2 is 1.94 bits per heavy atom. The largest absolute Gasteiger partial charge is 0.396 e. The fourth-order valence-corrected chi connectivity index (χ4v) is 2.00. The highest BCUT2D eigenvalue weighted by Crippen LogP contribution is 2.44. The molecule has 4 heteroatoms. The molecular weight excluding hydrogens is 228 g/mol. The average Bonchev–Trinajstić information content (AvgIpc) is 3.12. The fourth-order valence-electron chi connectivity index (χ4n) is 2.00. The molecule has 2 rings (SSSR count). The summed E-state index contributed by atoms with van der Waals surface area (Å²) in [4.78, 5) is 11.8. The first-order valence-electron chi connectivity index (χ1n) is 6.28. The van der Waals surface area contributed by atoms with Gasteiger partial charge in [0, 0.05) is 17.6 Å². The van der Waals surface area contributed by atoms with Crippen LogP contribution in [0.5, 0.6) is 0 Å². The van der Waals surface area contributed by atoms with Crippen LogP contribution in [0.15, 0.2) is 18.2 Å². The van der Waals surface area contributed by atoms with Gasteiger partial charge < -0.3 is 15.7 Å². The third kappa shape index (κ3) is 2.82. The van der Waals surface area contributed by atoms with Gasteiger partial charge in [-0.3, -0.25) is 0 Å². The molecule has 1 aromatic rings. The van der Waals surface area contributed by atoms with Crippen molar-refractivity contribution in [1.29, 1.82) is 0 Å². The first-order valence-corrected chi connectivity index (χ1v) is 6.28. The standard InChI is InChI=1S/C14H20N2O2/c1-10-4-3-5-11(2)12(10)16-13(18)15-8-14(9-17)6-7-14/h3-5,17H,6-9H2,1-2H3,(H2,15,16,18). The third-order valence-electron chi connectivity index (χ3n) is 3.64. The highest BCUT2D eigenvalue weighted by Gasteiger charge is 2.42. The van der Waals surface area contributed by atoms with Crippen molar-refractivity contribution in [1.82, 2.24) is 5.32 Å². The van der Waals surface area contributed by atoms with Gasteiger partial charge in [-0.25, -0.2) is 4.79 Å². The predicted octanol–water partition coefficient (Wildman–Crippen LogP) is 2.20. The van der Waals surface area contributed by atoms with E-state index < -0.39 is 0 Å². The van der Waals surface area contributed by atoms with Gasteiger partial charge in [0.2, 0.25) is 0 Å². The van der Waals surface area contributed by atoms with E-state index in [1.54, 1.807) is 0 Å². The van der Waals surface area contributed by atoms with Crippen LogP contribution in [-0.4, -0.2) is 24.3 Å². The molecule has 4 nitrogen and oxygen atoms in total. The van der Waals surface area contributed by atoms with Gasteiger partial charge in [-0.15, -0.1) is 0 Å². The van der Waals surface area contributed by atoms with Gasteiger partial charge >= 0.3 is 6.03 Å². The number of para-hydroxylation sites is 1. The lowest BCUT2D eigenvalue weighted by molar-refractivity contribution is 0.206. The summed E-state index contributed by atoms with van der Waals surface area (Å²) in [6.07, 6.45) is 1.99. The maximum absolute atomic E-state index is 11.8. The highest BCUT2D eigenvalue weighted by atomic mass is 16.3. The number of hydrogen-bond donors (Lipinski definition) is 3. The molecule has 0 spiro atoms. The van der Waals surface area contributed by atoms with E-state index in [1.165, 1.54) is 0 Å². The Morgan fingerprint density at radius 3 is 2.44 bits per heavy atom.